The number of hydrogen-bond acceptors (Lipinski definition) is 3. The van der Waals surface area contributed by atoms with E-state index in [0.29, 0.717) is 18.1 Å². The zero-order chi connectivity index (χ0) is 20.2. The summed E-state index contributed by atoms with van der Waals surface area (Å²) in [6.07, 6.45) is -3.23. The molecule has 0 unspecified atom stereocenters. The van der Waals surface area contributed by atoms with Crippen molar-refractivity contribution in [1.29, 1.82) is 0 Å². The minimum absolute atomic E-state index is 0.00930. The van der Waals surface area contributed by atoms with Gasteiger partial charge in [0.05, 0.1) is 7.11 Å². The number of nitrogens with zero attached hydrogens (tertiary/aromatic N) is 4. The highest BCUT2D eigenvalue weighted by atomic mass is 19.4. The summed E-state index contributed by atoms with van der Waals surface area (Å²) in [4.78, 5) is 5.73. The number of methoxy groups -OCH3 is 1. The van der Waals surface area contributed by atoms with E-state index < -0.39 is 17.7 Å². The number of nitrogens with one attached hydrogen (secondary N) is 1. The summed E-state index contributed by atoms with van der Waals surface area (Å²) in [5.74, 6) is 0.0138. The molecule has 0 amide bonds. The number of benzene rings is 1. The summed E-state index contributed by atoms with van der Waals surface area (Å²) >= 11 is 0. The first-order valence-electron chi connectivity index (χ1n) is 7.99. The van der Waals surface area contributed by atoms with Gasteiger partial charge in [0.15, 0.2) is 23.2 Å². The number of aliphatic imine (C=N–C) groups is 1. The highest BCUT2D eigenvalue weighted by Gasteiger charge is 2.36. The van der Waals surface area contributed by atoms with Crippen molar-refractivity contribution >= 4 is 5.96 Å². The molecule has 0 spiro atoms. The van der Waals surface area contributed by atoms with Crippen LogP contribution >= 0.6 is 0 Å². The van der Waals surface area contributed by atoms with Crippen LogP contribution in [0.3, 0.4) is 0 Å². The Hall–Kier alpha value is -2.78. The van der Waals surface area contributed by atoms with E-state index in [1.54, 1.807) is 18.0 Å². The van der Waals surface area contributed by atoms with Crippen molar-refractivity contribution in [3.63, 3.8) is 0 Å². The summed E-state index contributed by atoms with van der Waals surface area (Å²) in [6.45, 7) is 0.205. The van der Waals surface area contributed by atoms with E-state index in [1.807, 2.05) is 0 Å². The fourth-order valence-corrected chi connectivity index (χ4v) is 2.62. The zero-order valence-corrected chi connectivity index (χ0v) is 15.4. The van der Waals surface area contributed by atoms with Gasteiger partial charge in [0.2, 0.25) is 0 Å². The average molecular weight is 387 g/mol. The molecule has 0 saturated carbocycles. The van der Waals surface area contributed by atoms with Gasteiger partial charge in [0.25, 0.3) is 0 Å². The predicted octanol–water partition coefficient (Wildman–Crippen LogP) is 2.79. The number of alkyl halides is 3. The monoisotopic (exact) mass is 387 g/mol. The summed E-state index contributed by atoms with van der Waals surface area (Å²) < 4.78 is 58.9. The van der Waals surface area contributed by atoms with Gasteiger partial charge in [0, 0.05) is 46.0 Å². The van der Waals surface area contributed by atoms with Crippen LogP contribution in [0.25, 0.3) is 0 Å². The van der Waals surface area contributed by atoms with Gasteiger partial charge in [-0.25, -0.2) is 4.39 Å². The first-order chi connectivity index (χ1) is 12.7. The number of hydrogen-bond donors (Lipinski definition) is 1. The van der Waals surface area contributed by atoms with Crippen molar-refractivity contribution in [3.05, 3.63) is 47.0 Å². The third kappa shape index (κ3) is 5.11. The van der Waals surface area contributed by atoms with E-state index in [1.165, 1.54) is 39.5 Å². The normalized spacial score (nSPS) is 12.2. The molecule has 0 aliphatic carbocycles. The van der Waals surface area contributed by atoms with Crippen molar-refractivity contribution < 1.29 is 22.3 Å². The lowest BCUT2D eigenvalue weighted by Gasteiger charge is -2.22. The molecule has 0 bridgehead atoms. The van der Waals surface area contributed by atoms with Crippen LogP contribution < -0.4 is 10.1 Å². The molecule has 2 rings (SSSR count). The number of ether oxygens (including phenoxy) is 1. The SMILES string of the molecule is CN=C(NCc1cn(C)nc1C(F)(F)F)N(C)Cc1ccc(OC)c(F)c1. The maximum atomic E-state index is 13.8. The Labute approximate surface area is 154 Å². The molecule has 148 valence electrons. The zero-order valence-electron chi connectivity index (χ0n) is 15.4. The van der Waals surface area contributed by atoms with Crippen molar-refractivity contribution in [2.45, 2.75) is 19.3 Å². The molecule has 1 aromatic carbocycles. The van der Waals surface area contributed by atoms with Crippen molar-refractivity contribution in [1.82, 2.24) is 20.0 Å². The molecule has 27 heavy (non-hydrogen) atoms. The maximum Gasteiger partial charge on any atom is 0.435 e. The van der Waals surface area contributed by atoms with Crippen molar-refractivity contribution in [2.75, 3.05) is 21.2 Å². The highest BCUT2D eigenvalue weighted by molar-refractivity contribution is 5.79. The van der Waals surface area contributed by atoms with Gasteiger partial charge < -0.3 is 15.0 Å². The molecule has 1 N–H and O–H groups in total. The van der Waals surface area contributed by atoms with Gasteiger partial charge in [-0.3, -0.25) is 9.67 Å². The van der Waals surface area contributed by atoms with Crippen LogP contribution in [0.5, 0.6) is 5.75 Å². The van der Waals surface area contributed by atoms with Gasteiger partial charge in [-0.2, -0.15) is 18.3 Å². The van der Waals surface area contributed by atoms with E-state index >= 15 is 0 Å². The van der Waals surface area contributed by atoms with Crippen LogP contribution in [-0.4, -0.2) is 41.8 Å². The number of halogens is 4. The summed E-state index contributed by atoms with van der Waals surface area (Å²) in [5.41, 5.74) is -0.265. The lowest BCUT2D eigenvalue weighted by atomic mass is 10.2. The highest BCUT2D eigenvalue weighted by Crippen LogP contribution is 2.30. The van der Waals surface area contributed by atoms with Gasteiger partial charge >= 0.3 is 6.18 Å². The number of aromatic nitrogens is 2. The van der Waals surface area contributed by atoms with Crippen LogP contribution in [0.1, 0.15) is 16.8 Å². The minimum Gasteiger partial charge on any atom is -0.494 e. The Bertz CT molecular complexity index is 816. The van der Waals surface area contributed by atoms with Gasteiger partial charge in [-0.1, -0.05) is 6.07 Å². The molecule has 6 nitrogen and oxygen atoms in total. The second-order valence-corrected chi connectivity index (χ2v) is 5.90. The number of rotatable bonds is 5. The second-order valence-electron chi connectivity index (χ2n) is 5.90. The quantitative estimate of drug-likeness (QED) is 0.487. The number of guanidine groups is 1. The average Bonchev–Trinajstić information content (AvgIpc) is 2.97. The first-order valence-corrected chi connectivity index (χ1v) is 7.99. The van der Waals surface area contributed by atoms with Crippen LogP contribution in [0, 0.1) is 5.82 Å². The largest absolute Gasteiger partial charge is 0.494 e. The summed E-state index contributed by atoms with van der Waals surface area (Å²) in [6, 6.07) is 4.56. The van der Waals surface area contributed by atoms with Gasteiger partial charge in [-0.15, -0.1) is 0 Å². The first kappa shape index (κ1) is 20.5. The topological polar surface area (TPSA) is 54.7 Å². The summed E-state index contributed by atoms with van der Waals surface area (Å²) in [7, 11) is 6.02. The Morgan fingerprint density at radius 2 is 2.07 bits per heavy atom. The molecule has 2 aromatic rings. The van der Waals surface area contributed by atoms with E-state index in [-0.39, 0.29) is 17.9 Å². The fraction of sp³-hybridized carbons (Fsp3) is 0.412. The van der Waals surface area contributed by atoms with Gasteiger partial charge in [-0.05, 0) is 17.7 Å². The molecule has 0 atom stereocenters. The van der Waals surface area contributed by atoms with Crippen molar-refractivity contribution in [3.8, 4) is 5.75 Å². The molecular formula is C17H21F4N5O. The maximum absolute atomic E-state index is 13.8. The third-order valence-corrected chi connectivity index (χ3v) is 3.82. The number of aryl methyl sites for hydroxylation is 1. The molecule has 0 saturated heterocycles. The van der Waals surface area contributed by atoms with Crippen LogP contribution in [0.15, 0.2) is 29.4 Å². The van der Waals surface area contributed by atoms with Crippen molar-refractivity contribution in [2.24, 2.45) is 12.0 Å². The van der Waals surface area contributed by atoms with E-state index in [2.05, 4.69) is 15.4 Å². The van der Waals surface area contributed by atoms with E-state index in [0.717, 1.165) is 4.68 Å². The van der Waals surface area contributed by atoms with Crippen LogP contribution in [0.4, 0.5) is 17.6 Å². The van der Waals surface area contributed by atoms with E-state index in [9.17, 15) is 17.6 Å². The molecule has 10 heteroatoms. The molecular weight excluding hydrogens is 366 g/mol. The van der Waals surface area contributed by atoms with Crippen LogP contribution in [0.2, 0.25) is 0 Å². The third-order valence-electron chi connectivity index (χ3n) is 3.82. The summed E-state index contributed by atoms with van der Waals surface area (Å²) in [5, 5.41) is 6.34. The molecule has 1 heterocycles. The Kier molecular flexibility index (Phi) is 6.29. The molecule has 0 aliphatic rings. The molecule has 0 aliphatic heterocycles. The fourth-order valence-electron chi connectivity index (χ4n) is 2.62. The smallest absolute Gasteiger partial charge is 0.435 e. The van der Waals surface area contributed by atoms with Gasteiger partial charge in [0.1, 0.15) is 0 Å². The predicted molar refractivity (Wildman–Crippen MR) is 92.8 cm³/mol. The molecule has 1 aromatic heterocycles. The molecule has 0 radical (unpaired) electrons. The second kappa shape index (κ2) is 8.28. The lowest BCUT2D eigenvalue weighted by Crippen LogP contribution is -2.38. The molecule has 0 fully saturated rings. The Morgan fingerprint density at radius 1 is 1.37 bits per heavy atom. The standard InChI is InChI=1S/C17H21F4N5O/c1-22-16(23-8-12-10-26(3)24-15(12)17(19,20)21)25(2)9-11-5-6-14(27-4)13(18)7-11/h5-7,10H,8-9H2,1-4H3,(H,22,23). The lowest BCUT2D eigenvalue weighted by molar-refractivity contribution is -0.142. The minimum atomic E-state index is -4.53. The van der Waals surface area contributed by atoms with E-state index in [4.69, 9.17) is 4.74 Å². The Balaban J connectivity index is 2.06. The Morgan fingerprint density at radius 3 is 2.63 bits per heavy atom. The van der Waals surface area contributed by atoms with Crippen LogP contribution in [-0.2, 0) is 26.3 Å².